The third-order valence-corrected chi connectivity index (χ3v) is 1.33. The largest absolute Gasteiger partial charge is 1.00 e. The van der Waals surface area contributed by atoms with Gasteiger partial charge in [0, 0.05) is 19.6 Å². The third-order valence-electron chi connectivity index (χ3n) is 1.33. The smallest absolute Gasteiger partial charge is 0.548 e. The van der Waals surface area contributed by atoms with E-state index in [9.17, 15) is 9.90 Å². The Kier molecular flexibility index (Phi) is 5.29. The second-order valence-corrected chi connectivity index (χ2v) is 2.03. The summed E-state index contributed by atoms with van der Waals surface area (Å²) in [6.07, 6.45) is 0. The van der Waals surface area contributed by atoms with Gasteiger partial charge in [-0.3, -0.25) is 0 Å². The first kappa shape index (κ1) is 10.4. The predicted octanol–water partition coefficient (Wildman–Crippen LogP) is -5.70. The molecule has 1 fully saturated rings. The molecule has 0 bridgehead atoms. The molecule has 0 aromatic heterocycles. The molecule has 0 saturated carbocycles. The SMILES string of the molecule is O=C([O-])C1CNCCN1.[Na+]. The Balaban J connectivity index is 0.000000810. The van der Waals surface area contributed by atoms with Crippen LogP contribution in [-0.4, -0.2) is 31.6 Å². The Labute approximate surface area is 81.7 Å². The van der Waals surface area contributed by atoms with Crippen molar-refractivity contribution in [3.05, 3.63) is 0 Å². The molecule has 1 unspecified atom stereocenters. The third kappa shape index (κ3) is 2.98. The molecule has 0 spiro atoms. The number of piperazine rings is 1. The average Bonchev–Trinajstić information content (AvgIpc) is 1.90. The number of carboxylic acids is 1. The summed E-state index contributed by atoms with van der Waals surface area (Å²) in [5, 5.41) is 15.9. The van der Waals surface area contributed by atoms with E-state index >= 15 is 0 Å². The van der Waals surface area contributed by atoms with E-state index in [1.165, 1.54) is 0 Å². The summed E-state index contributed by atoms with van der Waals surface area (Å²) in [7, 11) is 0. The molecule has 0 amide bonds. The van der Waals surface area contributed by atoms with Crippen LogP contribution in [-0.2, 0) is 4.79 Å². The van der Waals surface area contributed by atoms with Crippen LogP contribution in [0, 0.1) is 0 Å². The van der Waals surface area contributed by atoms with Crippen molar-refractivity contribution in [3.8, 4) is 0 Å². The van der Waals surface area contributed by atoms with Crippen LogP contribution in [0.3, 0.4) is 0 Å². The summed E-state index contributed by atoms with van der Waals surface area (Å²) in [6.45, 7) is 2.02. The van der Waals surface area contributed by atoms with Gasteiger partial charge in [0.05, 0.1) is 12.0 Å². The molecule has 1 heterocycles. The fourth-order valence-electron chi connectivity index (χ4n) is 0.820. The topological polar surface area (TPSA) is 64.2 Å². The van der Waals surface area contributed by atoms with Crippen molar-refractivity contribution in [1.82, 2.24) is 10.6 Å². The summed E-state index contributed by atoms with van der Waals surface area (Å²) in [6, 6.07) is -0.501. The number of hydrogen-bond donors (Lipinski definition) is 2. The Morgan fingerprint density at radius 1 is 1.50 bits per heavy atom. The van der Waals surface area contributed by atoms with Gasteiger partial charge in [0.25, 0.3) is 0 Å². The van der Waals surface area contributed by atoms with E-state index in [-0.39, 0.29) is 29.6 Å². The summed E-state index contributed by atoms with van der Waals surface area (Å²) < 4.78 is 0. The van der Waals surface area contributed by atoms with Crippen molar-refractivity contribution < 1.29 is 39.5 Å². The molecule has 0 aliphatic carbocycles. The van der Waals surface area contributed by atoms with Gasteiger partial charge in [-0.25, -0.2) is 0 Å². The van der Waals surface area contributed by atoms with Crippen molar-refractivity contribution in [2.75, 3.05) is 19.6 Å². The van der Waals surface area contributed by atoms with E-state index < -0.39 is 12.0 Å². The van der Waals surface area contributed by atoms with Gasteiger partial charge >= 0.3 is 29.6 Å². The fraction of sp³-hybridized carbons (Fsp3) is 0.800. The Morgan fingerprint density at radius 2 is 2.20 bits per heavy atom. The first-order valence-corrected chi connectivity index (χ1v) is 2.95. The Bertz CT molecular complexity index is 114. The fourth-order valence-corrected chi connectivity index (χ4v) is 0.820. The van der Waals surface area contributed by atoms with Gasteiger partial charge < -0.3 is 20.5 Å². The molecule has 52 valence electrons. The molecule has 1 saturated heterocycles. The number of aliphatic carboxylic acids is 1. The monoisotopic (exact) mass is 152 g/mol. The Morgan fingerprint density at radius 3 is 2.50 bits per heavy atom. The van der Waals surface area contributed by atoms with Crippen LogP contribution < -0.4 is 45.3 Å². The maximum absolute atomic E-state index is 10.1. The second-order valence-electron chi connectivity index (χ2n) is 2.03. The minimum absolute atomic E-state index is 0. The molecule has 1 atom stereocenters. The van der Waals surface area contributed by atoms with Crippen LogP contribution in [0.2, 0.25) is 0 Å². The van der Waals surface area contributed by atoms with Crippen molar-refractivity contribution in [1.29, 1.82) is 0 Å². The summed E-state index contributed by atoms with van der Waals surface area (Å²) in [4.78, 5) is 10.1. The summed E-state index contributed by atoms with van der Waals surface area (Å²) in [5.74, 6) is -1.03. The summed E-state index contributed by atoms with van der Waals surface area (Å²) in [5.41, 5.74) is 0. The zero-order valence-electron chi connectivity index (χ0n) is 6.02. The van der Waals surface area contributed by atoms with Gasteiger partial charge in [-0.2, -0.15) is 0 Å². The van der Waals surface area contributed by atoms with E-state index in [1.807, 2.05) is 0 Å². The Hall–Kier alpha value is 0.390. The van der Waals surface area contributed by atoms with Crippen LogP contribution in [0.15, 0.2) is 0 Å². The second kappa shape index (κ2) is 5.09. The number of nitrogens with one attached hydrogen (secondary N) is 2. The molecule has 0 aromatic carbocycles. The van der Waals surface area contributed by atoms with Crippen LogP contribution in [0.1, 0.15) is 0 Å². The van der Waals surface area contributed by atoms with Crippen molar-refractivity contribution in [2.24, 2.45) is 0 Å². The molecular weight excluding hydrogens is 143 g/mol. The molecule has 1 aliphatic heterocycles. The molecule has 1 rings (SSSR count). The normalized spacial score (nSPS) is 25.0. The molecule has 2 N–H and O–H groups in total. The van der Waals surface area contributed by atoms with Crippen molar-refractivity contribution in [2.45, 2.75) is 6.04 Å². The first-order chi connectivity index (χ1) is 4.30. The van der Waals surface area contributed by atoms with Gasteiger partial charge in [-0.1, -0.05) is 0 Å². The standard InChI is InChI=1S/C5H10N2O2.Na/c8-5(9)4-3-6-1-2-7-4;/h4,6-7H,1-3H2,(H,8,9);/q;+1/p-1. The number of carbonyl (C=O) groups excluding carboxylic acids is 1. The van der Waals surface area contributed by atoms with Crippen LogP contribution in [0.25, 0.3) is 0 Å². The number of hydrogen-bond acceptors (Lipinski definition) is 4. The molecule has 4 nitrogen and oxygen atoms in total. The van der Waals surface area contributed by atoms with Gasteiger partial charge in [0.2, 0.25) is 0 Å². The van der Waals surface area contributed by atoms with E-state index in [1.54, 1.807) is 0 Å². The molecule has 5 heteroatoms. The number of carbonyl (C=O) groups is 1. The maximum Gasteiger partial charge on any atom is 1.00 e. The van der Waals surface area contributed by atoms with Gasteiger partial charge in [-0.15, -0.1) is 0 Å². The van der Waals surface area contributed by atoms with E-state index in [0.29, 0.717) is 13.1 Å². The molecule has 0 aromatic rings. The quantitative estimate of drug-likeness (QED) is 0.367. The molecular formula is C5H9N2NaO2. The van der Waals surface area contributed by atoms with E-state index in [0.717, 1.165) is 6.54 Å². The summed E-state index contributed by atoms with van der Waals surface area (Å²) >= 11 is 0. The van der Waals surface area contributed by atoms with Gasteiger partial charge in [0.1, 0.15) is 0 Å². The zero-order chi connectivity index (χ0) is 6.69. The average molecular weight is 152 g/mol. The van der Waals surface area contributed by atoms with Crippen molar-refractivity contribution >= 4 is 5.97 Å². The van der Waals surface area contributed by atoms with Gasteiger partial charge in [-0.05, 0) is 0 Å². The minimum Gasteiger partial charge on any atom is -0.548 e. The minimum atomic E-state index is -1.03. The maximum atomic E-state index is 10.1. The molecule has 1 aliphatic rings. The number of carboxylic acid groups (broad SMARTS) is 1. The van der Waals surface area contributed by atoms with Crippen LogP contribution in [0.5, 0.6) is 0 Å². The molecule has 0 radical (unpaired) electrons. The van der Waals surface area contributed by atoms with Crippen LogP contribution >= 0.6 is 0 Å². The molecule has 10 heavy (non-hydrogen) atoms. The van der Waals surface area contributed by atoms with Gasteiger partial charge in [0.15, 0.2) is 0 Å². The predicted molar refractivity (Wildman–Crippen MR) is 29.7 cm³/mol. The van der Waals surface area contributed by atoms with E-state index in [2.05, 4.69) is 10.6 Å². The first-order valence-electron chi connectivity index (χ1n) is 2.95. The number of rotatable bonds is 1. The zero-order valence-corrected chi connectivity index (χ0v) is 8.02. The van der Waals surface area contributed by atoms with Crippen molar-refractivity contribution in [3.63, 3.8) is 0 Å². The van der Waals surface area contributed by atoms with Crippen LogP contribution in [0.4, 0.5) is 0 Å². The van der Waals surface area contributed by atoms with E-state index in [4.69, 9.17) is 0 Å².